The third-order valence-electron chi connectivity index (χ3n) is 5.39. The van der Waals surface area contributed by atoms with Crippen LogP contribution in [0.25, 0.3) is 11.3 Å². The molecule has 7 nitrogen and oxygen atoms in total. The van der Waals surface area contributed by atoms with E-state index in [1.807, 2.05) is 43.3 Å². The van der Waals surface area contributed by atoms with E-state index in [9.17, 15) is 9.59 Å². The molecule has 0 atom stereocenters. The Balaban J connectivity index is 1.57. The Kier molecular flexibility index (Phi) is 6.25. The number of benzene rings is 2. The highest BCUT2D eigenvalue weighted by Crippen LogP contribution is 2.33. The van der Waals surface area contributed by atoms with E-state index in [1.54, 1.807) is 6.07 Å². The lowest BCUT2D eigenvalue weighted by Gasteiger charge is -2.16. The van der Waals surface area contributed by atoms with Crippen molar-refractivity contribution in [3.8, 4) is 22.8 Å². The first-order valence-corrected chi connectivity index (χ1v) is 10.8. The molecular weight excluding hydrogens is 406 g/mol. The molecule has 2 aromatic carbocycles. The minimum absolute atomic E-state index is 0.177. The van der Waals surface area contributed by atoms with E-state index in [1.165, 1.54) is 10.7 Å². The highest BCUT2D eigenvalue weighted by Gasteiger charge is 2.15. The Morgan fingerprint density at radius 2 is 1.88 bits per heavy atom. The Morgan fingerprint density at radius 3 is 2.66 bits per heavy atom. The van der Waals surface area contributed by atoms with Crippen LogP contribution in [0.2, 0.25) is 0 Å². The molecule has 0 bridgehead atoms. The number of aromatic nitrogens is 2. The summed E-state index contributed by atoms with van der Waals surface area (Å²) in [5.41, 5.74) is 3.84. The van der Waals surface area contributed by atoms with Gasteiger partial charge in [-0.25, -0.2) is 4.68 Å². The third kappa shape index (κ3) is 4.66. The number of fused-ring (bicyclic) bond motifs is 1. The summed E-state index contributed by atoms with van der Waals surface area (Å²) in [6.45, 7) is 7.13. The van der Waals surface area contributed by atoms with Gasteiger partial charge >= 0.3 is 0 Å². The fourth-order valence-electron chi connectivity index (χ4n) is 3.70. The molecule has 0 aliphatic carbocycles. The summed E-state index contributed by atoms with van der Waals surface area (Å²) in [7, 11) is 0. The van der Waals surface area contributed by atoms with Gasteiger partial charge in [-0.05, 0) is 48.2 Å². The first-order chi connectivity index (χ1) is 15.4. The highest BCUT2D eigenvalue weighted by molar-refractivity contribution is 5.92. The normalized spacial score (nSPS) is 13.0. The number of rotatable bonds is 5. The average molecular weight is 434 g/mol. The van der Waals surface area contributed by atoms with Crippen molar-refractivity contribution in [3.63, 3.8) is 0 Å². The molecule has 2 heterocycles. The first-order valence-electron chi connectivity index (χ1n) is 10.8. The second-order valence-electron chi connectivity index (χ2n) is 8.17. The molecule has 1 aliphatic heterocycles. The molecule has 1 N–H and O–H groups in total. The predicted octanol–water partition coefficient (Wildman–Crippen LogP) is 4.14. The minimum atomic E-state index is -0.341. The van der Waals surface area contributed by atoms with Crippen molar-refractivity contribution in [2.75, 3.05) is 18.5 Å². The quantitative estimate of drug-likeness (QED) is 0.654. The summed E-state index contributed by atoms with van der Waals surface area (Å²) >= 11 is 0. The predicted molar refractivity (Wildman–Crippen MR) is 123 cm³/mol. The third-order valence-corrected chi connectivity index (χ3v) is 5.39. The molecule has 3 aromatic rings. The van der Waals surface area contributed by atoms with E-state index >= 15 is 0 Å². The van der Waals surface area contributed by atoms with Crippen molar-refractivity contribution in [1.82, 2.24) is 9.78 Å². The van der Waals surface area contributed by atoms with Crippen LogP contribution in [-0.2, 0) is 11.3 Å². The summed E-state index contributed by atoms with van der Waals surface area (Å²) in [5, 5.41) is 7.39. The lowest BCUT2D eigenvalue weighted by molar-refractivity contribution is -0.117. The van der Waals surface area contributed by atoms with E-state index in [0.717, 1.165) is 28.8 Å². The van der Waals surface area contributed by atoms with E-state index in [2.05, 4.69) is 24.3 Å². The molecule has 0 radical (unpaired) electrons. The lowest BCUT2D eigenvalue weighted by atomic mass is 9.98. The minimum Gasteiger partial charge on any atom is -0.490 e. The molecule has 0 unspecified atom stereocenters. The number of ether oxygens (including phenoxy) is 2. The van der Waals surface area contributed by atoms with Crippen LogP contribution in [-0.4, -0.2) is 28.9 Å². The molecule has 1 aliphatic rings. The molecule has 1 amide bonds. The highest BCUT2D eigenvalue weighted by atomic mass is 16.5. The first kappa shape index (κ1) is 21.6. The maximum absolute atomic E-state index is 12.8. The van der Waals surface area contributed by atoms with Gasteiger partial charge < -0.3 is 14.8 Å². The van der Waals surface area contributed by atoms with Crippen molar-refractivity contribution in [1.29, 1.82) is 0 Å². The molecule has 32 heavy (non-hydrogen) atoms. The zero-order chi connectivity index (χ0) is 22.7. The van der Waals surface area contributed by atoms with Crippen molar-refractivity contribution in [2.24, 2.45) is 0 Å². The molecule has 0 saturated carbocycles. The number of hydrogen-bond donors (Lipinski definition) is 1. The van der Waals surface area contributed by atoms with Gasteiger partial charge in [-0.1, -0.05) is 32.0 Å². The number of carbonyl (C=O) groups excluding carboxylic acids is 1. The summed E-state index contributed by atoms with van der Waals surface area (Å²) in [6, 6.07) is 14.6. The van der Waals surface area contributed by atoms with Gasteiger partial charge in [0, 0.05) is 23.7 Å². The molecule has 0 fully saturated rings. The van der Waals surface area contributed by atoms with Gasteiger partial charge in [0.05, 0.1) is 18.9 Å². The van der Waals surface area contributed by atoms with Crippen LogP contribution in [0.1, 0.15) is 37.3 Å². The number of para-hydroxylation sites is 1. The summed E-state index contributed by atoms with van der Waals surface area (Å²) in [5.74, 6) is 1.30. The second-order valence-corrected chi connectivity index (χ2v) is 8.17. The number of amides is 1. The van der Waals surface area contributed by atoms with E-state index in [-0.39, 0.29) is 23.9 Å². The SMILES string of the molecule is Cc1cccc(C(C)C)c1NC(=O)Cn1nc(-c2ccc3c(c2)OCCCO3)ccc1=O. The zero-order valence-electron chi connectivity index (χ0n) is 18.6. The standard InChI is InChI=1S/C25H27N3O4/c1-16(2)19-7-4-6-17(3)25(19)26-23(29)15-28-24(30)11-9-20(27-28)18-8-10-21-22(14-18)32-13-5-12-31-21/h4,6-11,14,16H,5,12-13,15H2,1-3H3,(H,26,29). The van der Waals surface area contributed by atoms with Crippen LogP contribution >= 0.6 is 0 Å². The van der Waals surface area contributed by atoms with Crippen molar-refractivity contribution in [3.05, 3.63) is 70.0 Å². The number of anilines is 1. The van der Waals surface area contributed by atoms with Crippen molar-refractivity contribution in [2.45, 2.75) is 39.7 Å². The molecular formula is C25H27N3O4. The van der Waals surface area contributed by atoms with Crippen LogP contribution in [0.5, 0.6) is 11.5 Å². The van der Waals surface area contributed by atoms with Crippen molar-refractivity contribution >= 4 is 11.6 Å². The Bertz CT molecular complexity index is 1200. The molecule has 166 valence electrons. The number of hydrogen-bond acceptors (Lipinski definition) is 5. The van der Waals surface area contributed by atoms with Crippen LogP contribution in [0.3, 0.4) is 0 Å². The van der Waals surface area contributed by atoms with Gasteiger partial charge in [0.1, 0.15) is 6.54 Å². The second kappa shape index (κ2) is 9.26. The molecule has 1 aromatic heterocycles. The largest absolute Gasteiger partial charge is 0.490 e. The summed E-state index contributed by atoms with van der Waals surface area (Å²) in [4.78, 5) is 25.2. The molecule has 0 spiro atoms. The van der Waals surface area contributed by atoms with Crippen LogP contribution in [0.4, 0.5) is 5.69 Å². The zero-order valence-corrected chi connectivity index (χ0v) is 18.6. The lowest BCUT2D eigenvalue weighted by Crippen LogP contribution is -2.29. The fourth-order valence-corrected chi connectivity index (χ4v) is 3.70. The maximum atomic E-state index is 12.8. The van der Waals surface area contributed by atoms with Gasteiger partial charge in [-0.3, -0.25) is 9.59 Å². The van der Waals surface area contributed by atoms with Crippen LogP contribution in [0, 0.1) is 6.92 Å². The van der Waals surface area contributed by atoms with Crippen LogP contribution < -0.4 is 20.3 Å². The van der Waals surface area contributed by atoms with E-state index in [0.29, 0.717) is 30.4 Å². The monoisotopic (exact) mass is 433 g/mol. The van der Waals surface area contributed by atoms with E-state index in [4.69, 9.17) is 9.47 Å². The Labute approximate surface area is 187 Å². The molecule has 4 rings (SSSR count). The van der Waals surface area contributed by atoms with Gasteiger partial charge in [-0.15, -0.1) is 0 Å². The Morgan fingerprint density at radius 1 is 1.09 bits per heavy atom. The average Bonchev–Trinajstić information content (AvgIpc) is 3.01. The topological polar surface area (TPSA) is 82.5 Å². The maximum Gasteiger partial charge on any atom is 0.267 e. The molecule has 0 saturated heterocycles. The number of nitrogens with zero attached hydrogens (tertiary/aromatic N) is 2. The fraction of sp³-hybridized carbons (Fsp3) is 0.320. The summed E-state index contributed by atoms with van der Waals surface area (Å²) in [6.07, 6.45) is 0.821. The van der Waals surface area contributed by atoms with Crippen molar-refractivity contribution < 1.29 is 14.3 Å². The molecule has 7 heteroatoms. The van der Waals surface area contributed by atoms with Crippen LogP contribution in [0.15, 0.2) is 53.3 Å². The number of carbonyl (C=O) groups is 1. The Hall–Kier alpha value is -3.61. The van der Waals surface area contributed by atoms with Gasteiger partial charge in [0.25, 0.3) is 5.56 Å². The number of aryl methyl sites for hydroxylation is 1. The summed E-state index contributed by atoms with van der Waals surface area (Å²) < 4.78 is 12.6. The van der Waals surface area contributed by atoms with Gasteiger partial charge in [0.2, 0.25) is 5.91 Å². The van der Waals surface area contributed by atoms with Gasteiger partial charge in [-0.2, -0.15) is 5.10 Å². The number of nitrogens with one attached hydrogen (secondary N) is 1. The van der Waals surface area contributed by atoms with E-state index < -0.39 is 0 Å². The smallest absolute Gasteiger partial charge is 0.267 e. The van der Waals surface area contributed by atoms with Gasteiger partial charge in [0.15, 0.2) is 11.5 Å².